The summed E-state index contributed by atoms with van der Waals surface area (Å²) < 4.78 is 15.8. The van der Waals surface area contributed by atoms with Gasteiger partial charge in [0.1, 0.15) is 11.3 Å². The van der Waals surface area contributed by atoms with Gasteiger partial charge in [0, 0.05) is 31.1 Å². The van der Waals surface area contributed by atoms with E-state index in [1.165, 1.54) is 21.3 Å². The van der Waals surface area contributed by atoms with Crippen molar-refractivity contribution in [2.75, 3.05) is 27.9 Å². The van der Waals surface area contributed by atoms with Crippen LogP contribution in [-0.2, 0) is 16.1 Å². The number of methoxy groups -OCH3 is 3. The lowest BCUT2D eigenvalue weighted by Gasteiger charge is -2.16. The number of benzene rings is 1. The van der Waals surface area contributed by atoms with Crippen LogP contribution in [0.15, 0.2) is 12.1 Å². The molecule has 1 aliphatic heterocycles. The van der Waals surface area contributed by atoms with Gasteiger partial charge in [0.05, 0.1) is 21.3 Å². The molecule has 28 heavy (non-hydrogen) atoms. The predicted molar refractivity (Wildman–Crippen MR) is 102 cm³/mol. The molecular weight excluding hydrogens is 366 g/mol. The van der Waals surface area contributed by atoms with E-state index in [0.717, 1.165) is 10.5 Å². The second kappa shape index (κ2) is 8.81. The van der Waals surface area contributed by atoms with Crippen LogP contribution in [-0.4, -0.2) is 56.2 Å². The monoisotopic (exact) mass is 393 g/mol. The second-order valence-corrected chi connectivity index (χ2v) is 6.91. The van der Waals surface area contributed by atoms with Gasteiger partial charge in [-0.15, -0.1) is 0 Å². The minimum absolute atomic E-state index is 0.188. The van der Waals surface area contributed by atoms with Gasteiger partial charge in [0.15, 0.2) is 11.5 Å². The van der Waals surface area contributed by atoms with E-state index in [2.05, 4.69) is 10.6 Å². The smallest absolute Gasteiger partial charge is 0.325 e. The molecule has 0 unspecified atom stereocenters. The molecule has 0 bridgehead atoms. The maximum Gasteiger partial charge on any atom is 0.325 e. The van der Waals surface area contributed by atoms with Crippen molar-refractivity contribution in [3.8, 4) is 17.2 Å². The number of urea groups is 1. The number of rotatable bonds is 9. The Hall–Kier alpha value is -2.97. The van der Waals surface area contributed by atoms with E-state index in [-0.39, 0.29) is 31.3 Å². The topological polar surface area (TPSA) is 106 Å². The number of ether oxygens (including phenoxy) is 3. The Bertz CT molecular complexity index is 762. The first-order chi connectivity index (χ1) is 13.2. The molecule has 2 N–H and O–H groups in total. The maximum absolute atomic E-state index is 12.1. The van der Waals surface area contributed by atoms with E-state index in [1.807, 2.05) is 0 Å². The number of hydrogen-bond donors (Lipinski definition) is 2. The van der Waals surface area contributed by atoms with Crippen LogP contribution in [0.4, 0.5) is 4.79 Å². The number of carbonyl (C=O) groups is 3. The summed E-state index contributed by atoms with van der Waals surface area (Å²) in [7, 11) is 4.60. The highest BCUT2D eigenvalue weighted by Crippen LogP contribution is 2.34. The van der Waals surface area contributed by atoms with Crippen molar-refractivity contribution in [2.45, 2.75) is 38.8 Å². The fourth-order valence-electron chi connectivity index (χ4n) is 2.93. The normalized spacial score (nSPS) is 15.2. The number of nitrogens with zero attached hydrogens (tertiary/aromatic N) is 1. The molecule has 0 radical (unpaired) electrons. The van der Waals surface area contributed by atoms with Crippen LogP contribution in [0.25, 0.3) is 0 Å². The van der Waals surface area contributed by atoms with Gasteiger partial charge in [0.2, 0.25) is 5.91 Å². The maximum atomic E-state index is 12.1. The molecule has 0 atom stereocenters. The lowest BCUT2D eigenvalue weighted by molar-refractivity contribution is -0.130. The van der Waals surface area contributed by atoms with E-state index in [9.17, 15) is 14.4 Å². The zero-order valence-electron chi connectivity index (χ0n) is 16.9. The average Bonchev–Trinajstić information content (AvgIpc) is 2.86. The molecule has 9 heteroatoms. The Morgan fingerprint density at radius 1 is 1.07 bits per heavy atom. The van der Waals surface area contributed by atoms with Crippen LogP contribution < -0.4 is 24.8 Å². The van der Waals surface area contributed by atoms with Gasteiger partial charge >= 0.3 is 6.03 Å². The van der Waals surface area contributed by atoms with E-state index >= 15 is 0 Å². The van der Waals surface area contributed by atoms with Crippen molar-refractivity contribution in [1.82, 2.24) is 15.5 Å². The Morgan fingerprint density at radius 3 is 2.21 bits per heavy atom. The molecule has 0 spiro atoms. The molecule has 1 heterocycles. The number of nitrogens with one attached hydrogen (secondary N) is 2. The third kappa shape index (κ3) is 4.65. The molecule has 1 aromatic carbocycles. The molecule has 154 valence electrons. The van der Waals surface area contributed by atoms with Gasteiger partial charge in [-0.05, 0) is 26.3 Å². The summed E-state index contributed by atoms with van der Waals surface area (Å²) >= 11 is 0. The van der Waals surface area contributed by atoms with Crippen LogP contribution >= 0.6 is 0 Å². The number of amides is 4. The summed E-state index contributed by atoms with van der Waals surface area (Å²) in [4.78, 5) is 37.2. The Kier molecular flexibility index (Phi) is 6.71. The fraction of sp³-hybridized carbons (Fsp3) is 0.526. The SMILES string of the molecule is COc1cc(OC)c(OC)cc1CNC(=O)CCCN1C(=O)NC(C)(C)C1=O. The highest BCUT2D eigenvalue weighted by atomic mass is 16.5. The molecule has 0 aliphatic carbocycles. The molecule has 4 amide bonds. The van der Waals surface area contributed by atoms with Gasteiger partial charge in [-0.25, -0.2) is 4.79 Å². The molecule has 0 aromatic heterocycles. The third-order valence-electron chi connectivity index (χ3n) is 4.49. The zero-order valence-corrected chi connectivity index (χ0v) is 16.9. The summed E-state index contributed by atoms with van der Waals surface area (Å²) in [5, 5.41) is 5.42. The molecule has 1 fully saturated rings. The molecule has 1 aromatic rings. The molecular formula is C19H27N3O6. The van der Waals surface area contributed by atoms with Crippen molar-refractivity contribution < 1.29 is 28.6 Å². The average molecular weight is 393 g/mol. The van der Waals surface area contributed by atoms with Crippen molar-refractivity contribution >= 4 is 17.8 Å². The first kappa shape index (κ1) is 21.3. The number of imide groups is 1. The quantitative estimate of drug-likeness (QED) is 0.615. The zero-order chi connectivity index (χ0) is 20.9. The van der Waals surface area contributed by atoms with Crippen LogP contribution in [0.5, 0.6) is 17.2 Å². The first-order valence-corrected chi connectivity index (χ1v) is 8.93. The largest absolute Gasteiger partial charge is 0.496 e. The van der Waals surface area contributed by atoms with Crippen LogP contribution in [0.3, 0.4) is 0 Å². The van der Waals surface area contributed by atoms with Crippen LogP contribution in [0, 0.1) is 0 Å². The second-order valence-electron chi connectivity index (χ2n) is 6.91. The first-order valence-electron chi connectivity index (χ1n) is 8.93. The fourth-order valence-corrected chi connectivity index (χ4v) is 2.93. The summed E-state index contributed by atoms with van der Waals surface area (Å²) in [6, 6.07) is 3.01. The summed E-state index contributed by atoms with van der Waals surface area (Å²) in [6.45, 7) is 3.74. The van der Waals surface area contributed by atoms with Crippen molar-refractivity contribution in [1.29, 1.82) is 0 Å². The molecule has 0 saturated carbocycles. The van der Waals surface area contributed by atoms with Crippen LogP contribution in [0.2, 0.25) is 0 Å². The Labute approximate surface area is 164 Å². The van der Waals surface area contributed by atoms with Crippen molar-refractivity contribution in [3.05, 3.63) is 17.7 Å². The summed E-state index contributed by atoms with van der Waals surface area (Å²) in [6.07, 6.45) is 0.567. The Morgan fingerprint density at radius 2 is 1.68 bits per heavy atom. The van der Waals surface area contributed by atoms with Gasteiger partial charge in [-0.3, -0.25) is 14.5 Å². The lowest BCUT2D eigenvalue weighted by atomic mass is 10.1. The van der Waals surface area contributed by atoms with Crippen molar-refractivity contribution in [3.63, 3.8) is 0 Å². The summed E-state index contributed by atoms with van der Waals surface area (Å²) in [5.74, 6) is 1.16. The highest BCUT2D eigenvalue weighted by Gasteiger charge is 2.43. The number of hydrogen-bond acceptors (Lipinski definition) is 6. The minimum atomic E-state index is -0.899. The van der Waals surface area contributed by atoms with E-state index in [0.29, 0.717) is 23.7 Å². The van der Waals surface area contributed by atoms with Gasteiger partial charge in [-0.1, -0.05) is 0 Å². The van der Waals surface area contributed by atoms with Crippen molar-refractivity contribution in [2.24, 2.45) is 0 Å². The number of carbonyl (C=O) groups excluding carboxylic acids is 3. The lowest BCUT2D eigenvalue weighted by Crippen LogP contribution is -2.40. The molecule has 9 nitrogen and oxygen atoms in total. The third-order valence-corrected chi connectivity index (χ3v) is 4.49. The standard InChI is InChI=1S/C19H27N3O6/c1-19(2)17(24)22(18(25)21-19)8-6-7-16(23)20-11-12-9-14(27-4)15(28-5)10-13(12)26-3/h9-10H,6-8,11H2,1-5H3,(H,20,23)(H,21,25). The van der Waals surface area contributed by atoms with Gasteiger partial charge in [-0.2, -0.15) is 0 Å². The van der Waals surface area contributed by atoms with Gasteiger partial charge in [0.25, 0.3) is 5.91 Å². The minimum Gasteiger partial charge on any atom is -0.496 e. The van der Waals surface area contributed by atoms with E-state index < -0.39 is 11.6 Å². The van der Waals surface area contributed by atoms with Crippen LogP contribution in [0.1, 0.15) is 32.3 Å². The van der Waals surface area contributed by atoms with E-state index in [1.54, 1.807) is 26.0 Å². The Balaban J connectivity index is 1.88. The van der Waals surface area contributed by atoms with E-state index in [4.69, 9.17) is 14.2 Å². The molecule has 2 rings (SSSR count). The molecule has 1 aliphatic rings. The predicted octanol–water partition coefficient (Wildman–Crippen LogP) is 1.44. The van der Waals surface area contributed by atoms with Gasteiger partial charge < -0.3 is 24.8 Å². The highest BCUT2D eigenvalue weighted by molar-refractivity contribution is 6.06. The summed E-state index contributed by atoms with van der Waals surface area (Å²) in [5.41, 5.74) is -0.159. The molecule has 1 saturated heterocycles.